The molecule has 1 rings (SSSR count). The minimum absolute atomic E-state index is 0.0620. The molecule has 78 valence electrons. The van der Waals surface area contributed by atoms with E-state index >= 15 is 0 Å². The number of unbranched alkanes of at least 4 members (excludes halogenated alkanes) is 2. The smallest absolute Gasteiger partial charge is 0.145 e. The van der Waals surface area contributed by atoms with Gasteiger partial charge in [-0.25, -0.2) is 0 Å². The van der Waals surface area contributed by atoms with Crippen LogP contribution >= 0.6 is 0 Å². The van der Waals surface area contributed by atoms with Gasteiger partial charge in [0.2, 0.25) is 0 Å². The summed E-state index contributed by atoms with van der Waals surface area (Å²) < 4.78 is 5.30. The van der Waals surface area contributed by atoms with Gasteiger partial charge in [-0.05, 0) is 12.0 Å². The molecule has 0 radical (unpaired) electrons. The van der Waals surface area contributed by atoms with Gasteiger partial charge in [0.1, 0.15) is 20.2 Å². The summed E-state index contributed by atoms with van der Waals surface area (Å²) >= 11 is 0. The van der Waals surface area contributed by atoms with E-state index in [-0.39, 0.29) is 9.76 Å². The van der Waals surface area contributed by atoms with Crippen LogP contribution in [0.1, 0.15) is 51.4 Å². The van der Waals surface area contributed by atoms with Gasteiger partial charge < -0.3 is 4.12 Å². The molecule has 0 spiro atoms. The normalized spacial score (nSPS) is 19.4. The van der Waals surface area contributed by atoms with Gasteiger partial charge >= 0.3 is 0 Å². The highest BCUT2D eigenvalue weighted by atomic mass is 28.3. The minimum atomic E-state index is -0.0620. The van der Waals surface area contributed by atoms with Crippen molar-refractivity contribution in [2.45, 2.75) is 57.4 Å². The van der Waals surface area contributed by atoms with Crippen molar-refractivity contribution in [2.24, 2.45) is 5.92 Å². The van der Waals surface area contributed by atoms with E-state index in [4.69, 9.17) is 4.12 Å². The summed E-state index contributed by atoms with van der Waals surface area (Å²) in [6.45, 7) is 0. The van der Waals surface area contributed by atoms with Crippen LogP contribution in [0.25, 0.3) is 0 Å². The van der Waals surface area contributed by atoms with Gasteiger partial charge in [-0.15, -0.1) is 0 Å². The Bertz CT molecular complexity index is 113. The largest absolute Gasteiger partial charge is 0.468 e. The highest BCUT2D eigenvalue weighted by Crippen LogP contribution is 2.29. The lowest BCUT2D eigenvalue weighted by atomic mass is 10.0. The summed E-state index contributed by atoms with van der Waals surface area (Å²) in [5.41, 5.74) is 0. The van der Waals surface area contributed by atoms with E-state index in [9.17, 15) is 0 Å². The second kappa shape index (κ2) is 7.77. The van der Waals surface area contributed by atoms with E-state index in [0.717, 1.165) is 16.4 Å². The van der Waals surface area contributed by atoms with Crippen LogP contribution in [0, 0.1) is 5.92 Å². The summed E-state index contributed by atoms with van der Waals surface area (Å²) in [5, 5.41) is 0. The molecule has 1 nitrogen and oxygen atoms in total. The van der Waals surface area contributed by atoms with Crippen molar-refractivity contribution < 1.29 is 4.12 Å². The zero-order valence-electron chi connectivity index (χ0n) is 9.06. The molecular weight excluding hydrogens is 192 g/mol. The Balaban J connectivity index is 1.78. The maximum Gasteiger partial charge on any atom is 0.145 e. The average Bonchev–Trinajstić information content (AvgIpc) is 2.63. The topological polar surface area (TPSA) is 9.23 Å². The lowest BCUT2D eigenvalue weighted by Gasteiger charge is -2.07. The Hall–Kier alpha value is 0.394. The van der Waals surface area contributed by atoms with E-state index in [1.165, 1.54) is 57.4 Å². The highest BCUT2D eigenvalue weighted by Gasteiger charge is 2.13. The lowest BCUT2D eigenvalue weighted by molar-refractivity contribution is 0.470. The highest BCUT2D eigenvalue weighted by molar-refractivity contribution is 6.34. The molecule has 0 aromatic rings. The molecule has 0 aromatic carbocycles. The van der Waals surface area contributed by atoms with Gasteiger partial charge in [-0.3, -0.25) is 0 Å². The molecule has 0 aliphatic heterocycles. The third kappa shape index (κ3) is 5.65. The molecular formula is C10H24OSi2. The van der Waals surface area contributed by atoms with Crippen molar-refractivity contribution in [3.05, 3.63) is 0 Å². The molecule has 0 bridgehead atoms. The van der Waals surface area contributed by atoms with Gasteiger partial charge in [0.05, 0.1) is 0 Å². The fourth-order valence-electron chi connectivity index (χ4n) is 2.33. The van der Waals surface area contributed by atoms with Gasteiger partial charge in [0.25, 0.3) is 0 Å². The quantitative estimate of drug-likeness (QED) is 0.463. The first-order chi connectivity index (χ1) is 6.43. The number of hydrogen-bond acceptors (Lipinski definition) is 1. The Kier molecular flexibility index (Phi) is 6.85. The molecule has 1 aliphatic rings. The molecule has 0 aromatic heterocycles. The van der Waals surface area contributed by atoms with Gasteiger partial charge in [-0.2, -0.15) is 0 Å². The zero-order valence-corrected chi connectivity index (χ0v) is 12.5. The Morgan fingerprint density at radius 1 is 1.15 bits per heavy atom. The molecule has 0 saturated heterocycles. The molecule has 1 fully saturated rings. The fraction of sp³-hybridized carbons (Fsp3) is 1.00. The lowest BCUT2D eigenvalue weighted by Crippen LogP contribution is -1.95. The van der Waals surface area contributed by atoms with Crippen molar-refractivity contribution >= 4 is 20.2 Å². The van der Waals surface area contributed by atoms with Crippen LogP contribution in [0.15, 0.2) is 0 Å². The molecule has 0 heterocycles. The summed E-state index contributed by atoms with van der Waals surface area (Å²) in [4.78, 5) is 0. The van der Waals surface area contributed by atoms with Crippen molar-refractivity contribution in [1.82, 2.24) is 0 Å². The molecule has 1 aliphatic carbocycles. The average molecular weight is 216 g/mol. The second-order valence-corrected chi connectivity index (χ2v) is 7.77. The van der Waals surface area contributed by atoms with E-state index in [1.807, 2.05) is 0 Å². The van der Waals surface area contributed by atoms with Crippen LogP contribution in [-0.4, -0.2) is 20.2 Å². The summed E-state index contributed by atoms with van der Waals surface area (Å²) in [6, 6.07) is 1.42. The van der Waals surface area contributed by atoms with Gasteiger partial charge in [0.15, 0.2) is 0 Å². The van der Waals surface area contributed by atoms with Gasteiger partial charge in [0, 0.05) is 0 Å². The van der Waals surface area contributed by atoms with Crippen molar-refractivity contribution in [3.8, 4) is 0 Å². The van der Waals surface area contributed by atoms with Crippen LogP contribution in [0.4, 0.5) is 0 Å². The third-order valence-corrected chi connectivity index (χ3v) is 5.61. The third-order valence-electron chi connectivity index (χ3n) is 3.19. The Labute approximate surface area is 88.1 Å². The monoisotopic (exact) mass is 216 g/mol. The molecule has 0 N–H and O–H groups in total. The van der Waals surface area contributed by atoms with Crippen LogP contribution in [0.2, 0.25) is 6.04 Å². The minimum Gasteiger partial charge on any atom is -0.468 e. The van der Waals surface area contributed by atoms with Crippen LogP contribution in [-0.2, 0) is 4.12 Å². The first-order valence-corrected chi connectivity index (χ1v) is 8.32. The van der Waals surface area contributed by atoms with Crippen LogP contribution in [0.3, 0.4) is 0 Å². The molecule has 3 heteroatoms. The maximum absolute atomic E-state index is 5.30. The van der Waals surface area contributed by atoms with Crippen molar-refractivity contribution in [3.63, 3.8) is 0 Å². The predicted molar refractivity (Wildman–Crippen MR) is 64.8 cm³/mol. The van der Waals surface area contributed by atoms with E-state index in [2.05, 4.69) is 0 Å². The van der Waals surface area contributed by atoms with E-state index in [0.29, 0.717) is 0 Å². The first-order valence-electron chi connectivity index (χ1n) is 5.92. The molecule has 1 saturated carbocycles. The Morgan fingerprint density at radius 3 is 2.62 bits per heavy atom. The van der Waals surface area contributed by atoms with E-state index < -0.39 is 0 Å². The van der Waals surface area contributed by atoms with Crippen molar-refractivity contribution in [1.29, 1.82) is 0 Å². The maximum atomic E-state index is 5.30. The SMILES string of the molecule is [SiH3]O[SiH2]CCCCCC1CCCC1. The molecule has 0 amide bonds. The van der Waals surface area contributed by atoms with Crippen LogP contribution in [0.5, 0.6) is 0 Å². The molecule has 13 heavy (non-hydrogen) atoms. The standard InChI is InChI=1S/C10H24OSi2/c12-11-13-9-5-1-2-6-10-7-3-4-8-10/h10H,1-9,13H2,12H3. The zero-order chi connectivity index (χ0) is 9.36. The Morgan fingerprint density at radius 2 is 1.92 bits per heavy atom. The predicted octanol–water partition coefficient (Wildman–Crippen LogP) is 1.54. The van der Waals surface area contributed by atoms with Crippen LogP contribution < -0.4 is 0 Å². The first kappa shape index (κ1) is 11.5. The van der Waals surface area contributed by atoms with E-state index in [1.54, 1.807) is 0 Å². The number of hydrogen-bond donors (Lipinski definition) is 0. The molecule has 0 atom stereocenters. The second-order valence-electron chi connectivity index (χ2n) is 4.35. The summed E-state index contributed by atoms with van der Waals surface area (Å²) in [6.07, 6.45) is 12.0. The van der Waals surface area contributed by atoms with Gasteiger partial charge in [-0.1, -0.05) is 51.4 Å². The van der Waals surface area contributed by atoms with Crippen molar-refractivity contribution in [2.75, 3.05) is 0 Å². The summed E-state index contributed by atoms with van der Waals surface area (Å²) in [5.74, 6) is 1.10. The number of rotatable bonds is 7. The summed E-state index contributed by atoms with van der Waals surface area (Å²) in [7, 11) is 0.914. The fourth-order valence-corrected chi connectivity index (χ4v) is 4.04. The molecule has 0 unspecified atom stereocenters.